The number of hydrogen-bond acceptors (Lipinski definition) is 5. The van der Waals surface area contributed by atoms with Gasteiger partial charge in [0, 0.05) is 10.8 Å². The van der Waals surface area contributed by atoms with E-state index in [1.54, 1.807) is 11.0 Å². The maximum absolute atomic E-state index is 13.8. The number of nitrogens with zero attached hydrogens (tertiary/aromatic N) is 2. The number of fused-ring (bicyclic) bond motifs is 1. The summed E-state index contributed by atoms with van der Waals surface area (Å²) in [6, 6.07) is 18.8. The van der Waals surface area contributed by atoms with Gasteiger partial charge >= 0.3 is 12.0 Å². The third-order valence-electron chi connectivity index (χ3n) is 6.30. The van der Waals surface area contributed by atoms with Crippen LogP contribution in [-0.4, -0.2) is 36.0 Å². The fourth-order valence-electron chi connectivity index (χ4n) is 5.02. The summed E-state index contributed by atoms with van der Waals surface area (Å²) in [5, 5.41) is 1.91. The van der Waals surface area contributed by atoms with Crippen molar-refractivity contribution in [1.82, 2.24) is 4.90 Å². The van der Waals surface area contributed by atoms with Crippen LogP contribution < -0.4 is 4.90 Å². The molecule has 4 unspecified atom stereocenters. The normalized spacial score (nSPS) is 24.7. The van der Waals surface area contributed by atoms with Crippen molar-refractivity contribution in [3.63, 3.8) is 0 Å². The van der Waals surface area contributed by atoms with Crippen molar-refractivity contribution < 1.29 is 19.1 Å². The predicted octanol–water partition coefficient (Wildman–Crippen LogP) is 4.52. The number of thiophene rings is 1. The van der Waals surface area contributed by atoms with E-state index in [0.717, 1.165) is 16.0 Å². The average Bonchev–Trinajstić information content (AvgIpc) is 3.50. The van der Waals surface area contributed by atoms with Crippen LogP contribution >= 0.6 is 11.3 Å². The molecule has 0 bridgehead atoms. The zero-order valence-electron chi connectivity index (χ0n) is 17.7. The van der Waals surface area contributed by atoms with Gasteiger partial charge in [0.15, 0.2) is 0 Å². The standard InChI is InChI=1S/C25H22N2O4S/c1-15-8-6-11-17(14-15)26-23(28)22-19(16-9-4-3-5-10-16)20(24(29)31-2)21(27(22)25(26)30)18-12-7-13-32-18/h3-14,19-22H,1-2H3. The van der Waals surface area contributed by atoms with E-state index >= 15 is 0 Å². The fourth-order valence-corrected chi connectivity index (χ4v) is 5.89. The minimum Gasteiger partial charge on any atom is -0.469 e. The van der Waals surface area contributed by atoms with Crippen molar-refractivity contribution >= 4 is 34.9 Å². The molecule has 0 radical (unpaired) electrons. The number of methoxy groups -OCH3 is 1. The molecule has 2 aromatic carbocycles. The Morgan fingerprint density at radius 3 is 2.41 bits per heavy atom. The number of aryl methyl sites for hydroxylation is 1. The maximum Gasteiger partial charge on any atom is 0.332 e. The highest BCUT2D eigenvalue weighted by atomic mass is 32.1. The van der Waals surface area contributed by atoms with Crippen LogP contribution in [0.25, 0.3) is 0 Å². The smallest absolute Gasteiger partial charge is 0.332 e. The van der Waals surface area contributed by atoms with Crippen LogP contribution in [0.2, 0.25) is 0 Å². The first-order chi connectivity index (χ1) is 15.5. The molecule has 162 valence electrons. The van der Waals surface area contributed by atoms with Crippen LogP contribution in [0.3, 0.4) is 0 Å². The van der Waals surface area contributed by atoms with Crippen molar-refractivity contribution in [3.05, 3.63) is 88.1 Å². The van der Waals surface area contributed by atoms with E-state index in [1.807, 2.05) is 73.0 Å². The Kier molecular flexibility index (Phi) is 5.06. The van der Waals surface area contributed by atoms with Crippen LogP contribution in [0.15, 0.2) is 72.1 Å². The van der Waals surface area contributed by atoms with Crippen LogP contribution in [0, 0.1) is 12.8 Å². The van der Waals surface area contributed by atoms with Gasteiger partial charge in [-0.15, -0.1) is 11.3 Å². The molecule has 2 saturated heterocycles. The van der Waals surface area contributed by atoms with E-state index < -0.39 is 35.9 Å². The Balaban J connectivity index is 1.69. The zero-order valence-corrected chi connectivity index (χ0v) is 18.5. The molecule has 0 spiro atoms. The van der Waals surface area contributed by atoms with Gasteiger partial charge in [0.1, 0.15) is 6.04 Å². The lowest BCUT2D eigenvalue weighted by atomic mass is 9.81. The number of hydrogen-bond donors (Lipinski definition) is 0. The molecule has 3 heterocycles. The predicted molar refractivity (Wildman–Crippen MR) is 121 cm³/mol. The van der Waals surface area contributed by atoms with Gasteiger partial charge in [-0.2, -0.15) is 0 Å². The molecule has 2 aliphatic heterocycles. The van der Waals surface area contributed by atoms with Crippen molar-refractivity contribution in [3.8, 4) is 0 Å². The zero-order chi connectivity index (χ0) is 22.4. The van der Waals surface area contributed by atoms with E-state index in [1.165, 1.54) is 23.3 Å². The van der Waals surface area contributed by atoms with Gasteiger partial charge in [0.05, 0.1) is 24.8 Å². The number of amides is 3. The molecule has 5 rings (SSSR count). The number of rotatable bonds is 4. The number of ether oxygens (including phenoxy) is 1. The number of esters is 1. The molecule has 3 aromatic rings. The lowest BCUT2D eigenvalue weighted by Gasteiger charge is -2.27. The number of anilines is 1. The van der Waals surface area contributed by atoms with E-state index in [9.17, 15) is 14.4 Å². The molecule has 32 heavy (non-hydrogen) atoms. The molecule has 2 aliphatic rings. The van der Waals surface area contributed by atoms with Gasteiger partial charge in [0.25, 0.3) is 5.91 Å². The third kappa shape index (κ3) is 3.04. The topological polar surface area (TPSA) is 66.9 Å². The summed E-state index contributed by atoms with van der Waals surface area (Å²) in [5.41, 5.74) is 2.34. The number of carbonyl (C=O) groups excluding carboxylic acids is 3. The molecule has 7 heteroatoms. The molecule has 0 saturated carbocycles. The van der Waals surface area contributed by atoms with Crippen LogP contribution in [-0.2, 0) is 14.3 Å². The first-order valence-electron chi connectivity index (χ1n) is 10.4. The first-order valence-corrected chi connectivity index (χ1v) is 11.3. The van der Waals surface area contributed by atoms with E-state index in [0.29, 0.717) is 5.69 Å². The summed E-state index contributed by atoms with van der Waals surface area (Å²) in [7, 11) is 1.35. The fraction of sp³-hybridized carbons (Fsp3) is 0.240. The molecular weight excluding hydrogens is 424 g/mol. The van der Waals surface area contributed by atoms with Crippen molar-refractivity contribution in [1.29, 1.82) is 0 Å². The van der Waals surface area contributed by atoms with Gasteiger partial charge in [-0.1, -0.05) is 48.5 Å². The monoisotopic (exact) mass is 446 g/mol. The SMILES string of the molecule is COC(=O)C1C(c2ccccc2)C2C(=O)N(c3cccc(C)c3)C(=O)N2C1c1cccs1. The highest BCUT2D eigenvalue weighted by Gasteiger charge is 2.64. The van der Waals surface area contributed by atoms with Crippen LogP contribution in [0.5, 0.6) is 0 Å². The molecule has 6 nitrogen and oxygen atoms in total. The third-order valence-corrected chi connectivity index (χ3v) is 7.25. The highest BCUT2D eigenvalue weighted by Crippen LogP contribution is 2.54. The Hall–Kier alpha value is -3.45. The van der Waals surface area contributed by atoms with Gasteiger partial charge < -0.3 is 9.64 Å². The molecular formula is C25H22N2O4S. The summed E-state index contributed by atoms with van der Waals surface area (Å²) in [6.45, 7) is 1.92. The number of benzene rings is 2. The van der Waals surface area contributed by atoms with Gasteiger partial charge in [-0.3, -0.25) is 9.59 Å². The Morgan fingerprint density at radius 2 is 1.75 bits per heavy atom. The number of imide groups is 1. The summed E-state index contributed by atoms with van der Waals surface area (Å²) in [4.78, 5) is 44.3. The average molecular weight is 447 g/mol. The van der Waals surface area contributed by atoms with Crippen molar-refractivity contribution in [2.75, 3.05) is 12.0 Å². The molecule has 4 atom stereocenters. The molecule has 0 aliphatic carbocycles. The van der Waals surface area contributed by atoms with E-state index in [-0.39, 0.29) is 5.91 Å². The molecule has 1 aromatic heterocycles. The summed E-state index contributed by atoms with van der Waals surface area (Å²) in [5.74, 6) is -1.93. The summed E-state index contributed by atoms with van der Waals surface area (Å²) in [6.07, 6.45) is 0. The summed E-state index contributed by atoms with van der Waals surface area (Å²) < 4.78 is 5.18. The largest absolute Gasteiger partial charge is 0.469 e. The van der Waals surface area contributed by atoms with Gasteiger partial charge in [-0.05, 0) is 41.6 Å². The van der Waals surface area contributed by atoms with Crippen molar-refractivity contribution in [2.45, 2.75) is 24.9 Å². The summed E-state index contributed by atoms with van der Waals surface area (Å²) >= 11 is 1.47. The lowest BCUT2D eigenvalue weighted by molar-refractivity contribution is -0.146. The number of urea groups is 1. The second-order valence-corrected chi connectivity index (χ2v) is 9.07. The highest BCUT2D eigenvalue weighted by molar-refractivity contribution is 7.10. The second kappa shape index (κ2) is 7.91. The van der Waals surface area contributed by atoms with Crippen LogP contribution in [0.4, 0.5) is 10.5 Å². The van der Waals surface area contributed by atoms with Crippen molar-refractivity contribution in [2.24, 2.45) is 5.92 Å². The Labute approximate surface area is 190 Å². The molecule has 2 fully saturated rings. The van der Waals surface area contributed by atoms with Crippen LogP contribution in [0.1, 0.15) is 28.0 Å². The van der Waals surface area contributed by atoms with E-state index in [2.05, 4.69) is 0 Å². The Bertz CT molecular complexity index is 1180. The molecule has 0 N–H and O–H groups in total. The Morgan fingerprint density at radius 1 is 0.969 bits per heavy atom. The first kappa shape index (κ1) is 20.5. The minimum absolute atomic E-state index is 0.317. The lowest BCUT2D eigenvalue weighted by Crippen LogP contribution is -2.38. The minimum atomic E-state index is -0.790. The van der Waals surface area contributed by atoms with Gasteiger partial charge in [0.2, 0.25) is 0 Å². The maximum atomic E-state index is 13.8. The van der Waals surface area contributed by atoms with Gasteiger partial charge in [-0.25, -0.2) is 9.69 Å². The molecule has 3 amide bonds. The second-order valence-electron chi connectivity index (χ2n) is 8.09. The van der Waals surface area contributed by atoms with E-state index in [4.69, 9.17) is 4.74 Å². The number of carbonyl (C=O) groups is 3. The quantitative estimate of drug-likeness (QED) is 0.437.